The molecule has 2 aliphatic rings. The van der Waals surface area contributed by atoms with Gasteiger partial charge in [0, 0.05) is 11.1 Å². The number of fused-ring (bicyclic) bond motifs is 3. The zero-order chi connectivity index (χ0) is 16.9. The molecule has 0 amide bonds. The van der Waals surface area contributed by atoms with Gasteiger partial charge in [0.1, 0.15) is 17.0 Å². The number of phenols is 1. The molecular weight excluding hydrogens is 304 g/mol. The number of carboxylic acid groups (broad SMARTS) is 1. The number of para-hydroxylation sites is 1. The van der Waals surface area contributed by atoms with E-state index in [4.69, 9.17) is 4.99 Å². The quantitative estimate of drug-likeness (QED) is 0.891. The number of carboxylic acids is 1. The zero-order valence-corrected chi connectivity index (χ0v) is 12.9. The van der Waals surface area contributed by atoms with Crippen LogP contribution in [-0.2, 0) is 10.3 Å². The van der Waals surface area contributed by atoms with E-state index in [-0.39, 0.29) is 11.5 Å². The average Bonchev–Trinajstić information content (AvgIpc) is 2.95. The van der Waals surface area contributed by atoms with Crippen molar-refractivity contribution in [3.05, 3.63) is 65.7 Å². The summed E-state index contributed by atoms with van der Waals surface area (Å²) in [6, 6.07) is 14.3. The first-order chi connectivity index (χ1) is 11.5. The van der Waals surface area contributed by atoms with Crippen LogP contribution in [0.2, 0.25) is 0 Å². The molecule has 0 spiro atoms. The highest BCUT2D eigenvalue weighted by Crippen LogP contribution is 2.45. The van der Waals surface area contributed by atoms with Crippen molar-refractivity contribution in [3.63, 3.8) is 0 Å². The van der Waals surface area contributed by atoms with Crippen LogP contribution in [0, 0.1) is 0 Å². The first-order valence-electron chi connectivity index (χ1n) is 7.52. The molecule has 0 aromatic heterocycles. The van der Waals surface area contributed by atoms with Gasteiger partial charge in [-0.1, -0.05) is 30.3 Å². The first-order valence-corrected chi connectivity index (χ1v) is 7.52. The van der Waals surface area contributed by atoms with E-state index >= 15 is 0 Å². The fraction of sp³-hybridized carbons (Fsp3) is 0.105. The van der Waals surface area contributed by atoms with Crippen molar-refractivity contribution < 1.29 is 15.0 Å². The number of carbonyl (C=O) groups is 1. The van der Waals surface area contributed by atoms with Crippen LogP contribution in [0.25, 0.3) is 5.57 Å². The molecule has 2 N–H and O–H groups in total. The van der Waals surface area contributed by atoms with Crippen molar-refractivity contribution >= 4 is 28.7 Å². The molecule has 0 radical (unpaired) electrons. The van der Waals surface area contributed by atoms with Crippen molar-refractivity contribution in [1.29, 1.82) is 0 Å². The summed E-state index contributed by atoms with van der Waals surface area (Å²) in [7, 11) is 0. The van der Waals surface area contributed by atoms with Crippen LogP contribution in [0.1, 0.15) is 18.1 Å². The largest absolute Gasteiger partial charge is 0.508 e. The van der Waals surface area contributed by atoms with Crippen LogP contribution in [0.4, 0.5) is 5.69 Å². The van der Waals surface area contributed by atoms with E-state index in [0.29, 0.717) is 0 Å². The molecule has 0 bridgehead atoms. The second-order valence-electron chi connectivity index (χ2n) is 5.96. The third kappa shape index (κ3) is 1.98. The number of hydrogen-bond acceptors (Lipinski definition) is 4. The minimum Gasteiger partial charge on any atom is -0.508 e. The van der Waals surface area contributed by atoms with Gasteiger partial charge in [0.25, 0.3) is 0 Å². The maximum absolute atomic E-state index is 11.6. The predicted molar refractivity (Wildman–Crippen MR) is 92.0 cm³/mol. The Labute approximate surface area is 138 Å². The SMILES string of the molecule is CC1(c2ccc(O)cc2)N=C(C(=O)O)C=C2C1=Nc1ccccc12. The number of aliphatic carboxylic acids is 1. The van der Waals surface area contributed by atoms with Crippen LogP contribution in [0.3, 0.4) is 0 Å². The highest BCUT2D eigenvalue weighted by Gasteiger charge is 2.42. The minimum absolute atomic E-state index is 0.00349. The van der Waals surface area contributed by atoms with Crippen LogP contribution in [0.15, 0.2) is 64.6 Å². The molecule has 24 heavy (non-hydrogen) atoms. The Morgan fingerprint density at radius 2 is 1.79 bits per heavy atom. The number of rotatable bonds is 2. The summed E-state index contributed by atoms with van der Waals surface area (Å²) in [5.41, 5.74) is 3.07. The summed E-state index contributed by atoms with van der Waals surface area (Å²) < 4.78 is 0. The molecule has 5 nitrogen and oxygen atoms in total. The Kier molecular flexibility index (Phi) is 2.93. The maximum atomic E-state index is 11.6. The molecule has 0 saturated carbocycles. The van der Waals surface area contributed by atoms with Gasteiger partial charge in [-0.2, -0.15) is 0 Å². The normalized spacial score (nSPS) is 21.3. The van der Waals surface area contributed by atoms with E-state index in [2.05, 4.69) is 4.99 Å². The van der Waals surface area contributed by atoms with E-state index in [1.165, 1.54) is 0 Å². The van der Waals surface area contributed by atoms with Gasteiger partial charge >= 0.3 is 5.97 Å². The maximum Gasteiger partial charge on any atom is 0.354 e. The van der Waals surface area contributed by atoms with E-state index in [1.807, 2.05) is 31.2 Å². The summed E-state index contributed by atoms with van der Waals surface area (Å²) >= 11 is 0. The molecule has 4 rings (SSSR count). The lowest BCUT2D eigenvalue weighted by Gasteiger charge is -2.30. The van der Waals surface area contributed by atoms with E-state index in [9.17, 15) is 15.0 Å². The molecule has 0 fully saturated rings. The third-order valence-corrected chi connectivity index (χ3v) is 4.42. The number of aromatic hydroxyl groups is 1. The lowest BCUT2D eigenvalue weighted by atomic mass is 9.80. The van der Waals surface area contributed by atoms with Crippen molar-refractivity contribution in [2.24, 2.45) is 9.98 Å². The van der Waals surface area contributed by atoms with Gasteiger partial charge in [-0.15, -0.1) is 0 Å². The van der Waals surface area contributed by atoms with Gasteiger partial charge < -0.3 is 10.2 Å². The molecule has 118 valence electrons. The molecule has 5 heteroatoms. The number of benzene rings is 2. The lowest BCUT2D eigenvalue weighted by Crippen LogP contribution is -2.36. The first kappa shape index (κ1) is 14.4. The Morgan fingerprint density at radius 3 is 2.50 bits per heavy atom. The van der Waals surface area contributed by atoms with Gasteiger partial charge in [0.2, 0.25) is 0 Å². The van der Waals surface area contributed by atoms with Crippen molar-refractivity contribution in [3.8, 4) is 5.75 Å². The van der Waals surface area contributed by atoms with Crippen molar-refractivity contribution in [2.75, 3.05) is 0 Å². The Hall–Kier alpha value is -3.21. The molecule has 2 heterocycles. The van der Waals surface area contributed by atoms with Crippen LogP contribution < -0.4 is 0 Å². The number of nitrogens with zero attached hydrogens (tertiary/aromatic N) is 2. The molecule has 2 aromatic rings. The fourth-order valence-electron chi connectivity index (χ4n) is 3.18. The second kappa shape index (κ2) is 4.89. The number of dihydropyridines is 1. The summed E-state index contributed by atoms with van der Waals surface area (Å²) in [6.45, 7) is 1.85. The third-order valence-electron chi connectivity index (χ3n) is 4.42. The predicted octanol–water partition coefficient (Wildman–Crippen LogP) is 3.32. The molecule has 2 aromatic carbocycles. The van der Waals surface area contributed by atoms with Crippen molar-refractivity contribution in [1.82, 2.24) is 0 Å². The van der Waals surface area contributed by atoms with E-state index < -0.39 is 11.5 Å². The second-order valence-corrected chi connectivity index (χ2v) is 5.96. The molecule has 1 unspecified atom stereocenters. The standard InChI is InChI=1S/C19H14N2O3/c1-19(11-6-8-12(22)9-7-11)17-14(10-16(21-19)18(23)24)13-4-2-3-5-15(13)20-17/h2-10,22H,1H3,(H,23,24). The minimum atomic E-state index is -1.07. The smallest absolute Gasteiger partial charge is 0.354 e. The Balaban J connectivity index is 1.96. The fourth-order valence-corrected chi connectivity index (χ4v) is 3.18. The zero-order valence-electron chi connectivity index (χ0n) is 12.9. The van der Waals surface area contributed by atoms with Gasteiger partial charge in [-0.25, -0.2) is 9.79 Å². The Bertz CT molecular complexity index is 955. The van der Waals surface area contributed by atoms with Crippen molar-refractivity contribution in [2.45, 2.75) is 12.5 Å². The van der Waals surface area contributed by atoms with E-state index in [0.717, 1.165) is 28.1 Å². The summed E-state index contributed by atoms with van der Waals surface area (Å²) in [4.78, 5) is 20.7. The summed E-state index contributed by atoms with van der Waals surface area (Å²) in [5.74, 6) is -0.927. The molecular formula is C19H14N2O3. The van der Waals surface area contributed by atoms with Gasteiger partial charge in [-0.05, 0) is 36.8 Å². The van der Waals surface area contributed by atoms with Gasteiger partial charge in [0.15, 0.2) is 0 Å². The average molecular weight is 318 g/mol. The number of aliphatic imine (C=N–C) groups is 2. The molecule has 1 atom stereocenters. The topological polar surface area (TPSA) is 82.2 Å². The number of hydrogen-bond donors (Lipinski definition) is 2. The van der Waals surface area contributed by atoms with Gasteiger partial charge in [0.05, 0.1) is 11.4 Å². The van der Waals surface area contributed by atoms with Crippen LogP contribution >= 0.6 is 0 Å². The lowest BCUT2D eigenvalue weighted by molar-refractivity contribution is -0.129. The summed E-state index contributed by atoms with van der Waals surface area (Å²) in [6.07, 6.45) is 1.58. The van der Waals surface area contributed by atoms with Crippen LogP contribution in [0.5, 0.6) is 5.75 Å². The molecule has 2 aliphatic heterocycles. The Morgan fingerprint density at radius 1 is 1.08 bits per heavy atom. The molecule has 0 aliphatic carbocycles. The monoisotopic (exact) mass is 318 g/mol. The highest BCUT2D eigenvalue weighted by molar-refractivity contribution is 6.48. The number of phenolic OH excluding ortho intramolecular Hbond substituents is 1. The van der Waals surface area contributed by atoms with Crippen LogP contribution in [-0.4, -0.2) is 27.6 Å². The molecule has 0 saturated heterocycles. The summed E-state index contributed by atoms with van der Waals surface area (Å²) in [5, 5.41) is 19.0. The van der Waals surface area contributed by atoms with E-state index in [1.54, 1.807) is 30.3 Å². The highest BCUT2D eigenvalue weighted by atomic mass is 16.4. The van der Waals surface area contributed by atoms with Gasteiger partial charge in [-0.3, -0.25) is 4.99 Å².